The van der Waals surface area contributed by atoms with Gasteiger partial charge in [0.25, 0.3) is 20.0 Å². The Hall–Kier alpha value is -4.73. The molecular weight excluding hydrogens is 569 g/mol. The number of benzene rings is 4. The van der Waals surface area contributed by atoms with Gasteiger partial charge in [-0.1, -0.05) is 72.3 Å². The Labute approximate surface area is 245 Å². The Morgan fingerprint density at radius 2 is 0.976 bits per heavy atom. The van der Waals surface area contributed by atoms with Crippen LogP contribution in [-0.4, -0.2) is 31.1 Å². The minimum Gasteiger partial charge on any atom is -0.298 e. The van der Waals surface area contributed by atoms with Gasteiger partial charge in [0, 0.05) is 28.7 Å². The third-order valence-electron chi connectivity index (χ3n) is 6.96. The number of aromatic nitrogens is 2. The largest absolute Gasteiger partial charge is 0.298 e. The zero-order chi connectivity index (χ0) is 30.1. The molecule has 0 unspecified atom stereocenters. The van der Waals surface area contributed by atoms with Crippen molar-refractivity contribution in [2.45, 2.75) is 23.6 Å². The van der Waals surface area contributed by atoms with Gasteiger partial charge in [0.1, 0.15) is 0 Å². The summed E-state index contributed by atoms with van der Waals surface area (Å²) in [7, 11) is -7.24. The van der Waals surface area contributed by atoms with Crippen LogP contribution in [0.3, 0.4) is 0 Å². The smallest absolute Gasteiger partial charge is 0.268 e. The summed E-state index contributed by atoms with van der Waals surface area (Å²) in [5, 5.41) is 1.51. The normalized spacial score (nSPS) is 11.7. The molecule has 0 saturated carbocycles. The van der Waals surface area contributed by atoms with Crippen LogP contribution < -0.4 is 0 Å². The van der Waals surface area contributed by atoms with Gasteiger partial charge in [-0.2, -0.15) is 0 Å². The number of fused-ring (bicyclic) bond motifs is 2. The molecule has 0 radical (unpaired) electrons. The van der Waals surface area contributed by atoms with Crippen LogP contribution in [0.1, 0.15) is 27.0 Å². The van der Waals surface area contributed by atoms with Crippen molar-refractivity contribution in [2.24, 2.45) is 0 Å². The fourth-order valence-electron chi connectivity index (χ4n) is 4.68. The molecule has 212 valence electrons. The van der Waals surface area contributed by atoms with Crippen molar-refractivity contribution in [1.82, 2.24) is 7.94 Å². The van der Waals surface area contributed by atoms with Gasteiger partial charge in [-0.25, -0.2) is 24.8 Å². The van der Waals surface area contributed by atoms with E-state index < -0.39 is 20.0 Å². The van der Waals surface area contributed by atoms with E-state index in [-0.39, 0.29) is 9.79 Å². The molecule has 0 aliphatic heterocycles. The zero-order valence-electron chi connectivity index (χ0n) is 23.0. The molecule has 0 N–H and O–H groups in total. The molecule has 6 aromatic rings. The molecule has 0 saturated heterocycles. The summed E-state index contributed by atoms with van der Waals surface area (Å²) in [6, 6.07) is 27.6. The first-order valence-electron chi connectivity index (χ1n) is 13.0. The van der Waals surface area contributed by atoms with Crippen molar-refractivity contribution in [3.05, 3.63) is 138 Å². The highest BCUT2D eigenvalue weighted by atomic mass is 32.2. The van der Waals surface area contributed by atoms with Crippen LogP contribution in [0.25, 0.3) is 27.9 Å². The molecule has 2 aromatic heterocycles. The predicted octanol–water partition coefficient (Wildman–Crippen LogP) is 6.83. The van der Waals surface area contributed by atoms with E-state index in [1.165, 1.54) is 14.1 Å². The average molecular weight is 597 g/mol. The number of nitrogens with zero attached hydrogens (tertiary/aromatic N) is 2. The lowest BCUT2D eigenvalue weighted by molar-refractivity contribution is 0.112. The number of carbonyl (C=O) groups excluding carboxylic acids is 1. The van der Waals surface area contributed by atoms with E-state index in [9.17, 15) is 21.6 Å². The van der Waals surface area contributed by atoms with Crippen molar-refractivity contribution in [1.29, 1.82) is 0 Å². The molecule has 0 spiro atoms. The second-order valence-electron chi connectivity index (χ2n) is 9.74. The number of hydrogen-bond acceptors (Lipinski definition) is 5. The standard InChI is InChI=1S/C17H15NO2S.C16H13NO3S/c1-3-14-5-4-6-17-16(14)11-12-18(17)21(19,20)15-9-7-13(2)8-10-15;1-12-5-7-14(8-6-12)21(19,20)17-10-9-15-13(11-18)3-2-4-16(15)17/h3-12H,1H2,2H3;2-11H,1H3. The van der Waals surface area contributed by atoms with E-state index in [4.69, 9.17) is 0 Å². The van der Waals surface area contributed by atoms with Gasteiger partial charge in [0.15, 0.2) is 6.29 Å². The molecule has 7 nitrogen and oxygen atoms in total. The Balaban J connectivity index is 0.000000168. The van der Waals surface area contributed by atoms with Crippen molar-refractivity contribution in [2.75, 3.05) is 0 Å². The van der Waals surface area contributed by atoms with Gasteiger partial charge in [-0.15, -0.1) is 0 Å². The van der Waals surface area contributed by atoms with Gasteiger partial charge in [-0.05, 0) is 67.9 Å². The molecule has 0 atom stereocenters. The predicted molar refractivity (Wildman–Crippen MR) is 167 cm³/mol. The lowest BCUT2D eigenvalue weighted by Crippen LogP contribution is -2.11. The summed E-state index contributed by atoms with van der Waals surface area (Å²) in [5.74, 6) is 0. The average Bonchev–Trinajstić information content (AvgIpc) is 3.63. The van der Waals surface area contributed by atoms with E-state index >= 15 is 0 Å². The third kappa shape index (κ3) is 5.20. The van der Waals surface area contributed by atoms with Gasteiger partial charge in [0.2, 0.25) is 0 Å². The second-order valence-corrected chi connectivity index (χ2v) is 13.4. The van der Waals surface area contributed by atoms with Crippen LogP contribution in [0.2, 0.25) is 0 Å². The topological polar surface area (TPSA) is 95.2 Å². The number of hydrogen-bond donors (Lipinski definition) is 0. The van der Waals surface area contributed by atoms with Gasteiger partial charge in [0.05, 0.1) is 20.8 Å². The number of aldehydes is 1. The van der Waals surface area contributed by atoms with Crippen molar-refractivity contribution in [3.63, 3.8) is 0 Å². The maximum atomic E-state index is 12.8. The second kappa shape index (κ2) is 11.3. The molecule has 0 fully saturated rings. The van der Waals surface area contributed by atoms with Crippen LogP contribution >= 0.6 is 0 Å². The Morgan fingerprint density at radius 3 is 1.38 bits per heavy atom. The van der Waals surface area contributed by atoms with E-state index in [2.05, 4.69) is 6.58 Å². The summed E-state index contributed by atoms with van der Waals surface area (Å²) in [6.07, 6.45) is 5.52. The molecule has 4 aromatic carbocycles. The molecular formula is C33H28N2O5S2. The highest BCUT2D eigenvalue weighted by Gasteiger charge is 2.20. The molecule has 6 rings (SSSR count). The van der Waals surface area contributed by atoms with Crippen LogP contribution in [0.4, 0.5) is 0 Å². The fourth-order valence-corrected chi connectivity index (χ4v) is 7.37. The number of aryl methyl sites for hydroxylation is 2. The first-order valence-corrected chi connectivity index (χ1v) is 15.9. The SMILES string of the molecule is C=Cc1cccc2c1ccn2S(=O)(=O)c1ccc(C)cc1.Cc1ccc(S(=O)(=O)n2ccc3c(C=O)cccc32)cc1. The monoisotopic (exact) mass is 596 g/mol. The summed E-state index contributed by atoms with van der Waals surface area (Å²) in [5.41, 5.74) is 4.58. The maximum Gasteiger partial charge on any atom is 0.268 e. The van der Waals surface area contributed by atoms with Gasteiger partial charge in [-0.3, -0.25) is 4.79 Å². The molecule has 2 heterocycles. The fraction of sp³-hybridized carbons (Fsp3) is 0.0606. The third-order valence-corrected chi connectivity index (χ3v) is 10.4. The molecule has 0 amide bonds. The van der Waals surface area contributed by atoms with E-state index in [0.717, 1.165) is 28.4 Å². The quantitative estimate of drug-likeness (QED) is 0.197. The van der Waals surface area contributed by atoms with Crippen LogP contribution in [0.15, 0.2) is 126 Å². The van der Waals surface area contributed by atoms with Crippen molar-refractivity contribution < 1.29 is 21.6 Å². The summed E-state index contributed by atoms with van der Waals surface area (Å²) in [6.45, 7) is 7.59. The van der Waals surface area contributed by atoms with Crippen molar-refractivity contribution >= 4 is 54.2 Å². The Morgan fingerprint density at radius 1 is 0.571 bits per heavy atom. The molecule has 0 bridgehead atoms. The van der Waals surface area contributed by atoms with Gasteiger partial charge >= 0.3 is 0 Å². The van der Waals surface area contributed by atoms with Crippen LogP contribution in [-0.2, 0) is 20.0 Å². The van der Waals surface area contributed by atoms with Gasteiger partial charge < -0.3 is 0 Å². The maximum absolute atomic E-state index is 12.8. The zero-order valence-corrected chi connectivity index (χ0v) is 24.6. The lowest BCUT2D eigenvalue weighted by Gasteiger charge is -2.08. The first kappa shape index (κ1) is 28.8. The summed E-state index contributed by atoms with van der Waals surface area (Å²) >= 11 is 0. The number of carbonyl (C=O) groups is 1. The van der Waals surface area contributed by atoms with E-state index in [1.807, 2.05) is 26.0 Å². The molecule has 0 aliphatic carbocycles. The highest BCUT2D eigenvalue weighted by molar-refractivity contribution is 7.90. The van der Waals surface area contributed by atoms with Crippen molar-refractivity contribution in [3.8, 4) is 0 Å². The highest BCUT2D eigenvalue weighted by Crippen LogP contribution is 2.26. The minimum atomic E-state index is -3.66. The molecule has 9 heteroatoms. The summed E-state index contributed by atoms with van der Waals surface area (Å²) in [4.78, 5) is 11.5. The van der Waals surface area contributed by atoms with E-state index in [0.29, 0.717) is 22.0 Å². The van der Waals surface area contributed by atoms with Crippen LogP contribution in [0.5, 0.6) is 0 Å². The first-order chi connectivity index (χ1) is 20.1. The summed E-state index contributed by atoms with van der Waals surface area (Å²) < 4.78 is 53.4. The Kier molecular flexibility index (Phi) is 7.73. The van der Waals surface area contributed by atoms with E-state index in [1.54, 1.807) is 97.2 Å². The van der Waals surface area contributed by atoms with Crippen LogP contribution in [0, 0.1) is 13.8 Å². The number of rotatable bonds is 6. The molecule has 42 heavy (non-hydrogen) atoms. The minimum absolute atomic E-state index is 0.224. The lowest BCUT2D eigenvalue weighted by atomic mass is 10.1. The Bertz CT molecular complexity index is 2000. The molecule has 0 aliphatic rings.